The maximum absolute atomic E-state index is 12.2. The predicted octanol–water partition coefficient (Wildman–Crippen LogP) is 5.69. The first kappa shape index (κ1) is 19.7. The molecule has 7 heteroatoms. The molecule has 2 heterocycles. The molecular weight excluding hydrogens is 390 g/mol. The van der Waals surface area contributed by atoms with Gasteiger partial charge in [-0.1, -0.05) is 57.2 Å². The van der Waals surface area contributed by atoms with E-state index in [-0.39, 0.29) is 33.3 Å². The molecule has 0 amide bonds. The Morgan fingerprint density at radius 1 is 1.10 bits per heavy atom. The minimum absolute atomic E-state index is 0.0515. The average Bonchev–Trinajstić information content (AvgIpc) is 2.96. The second-order valence-electron chi connectivity index (χ2n) is 10.1. The van der Waals surface area contributed by atoms with E-state index in [0.717, 1.165) is 42.3 Å². The summed E-state index contributed by atoms with van der Waals surface area (Å²) < 4.78 is 0. The number of nitrogens with one attached hydrogen (secondary N) is 1. The largest absolute Gasteiger partial charge is 0.353 e. The highest BCUT2D eigenvalue weighted by Gasteiger charge is 2.51. The number of rotatable bonds is 4. The molecule has 2 atom stereocenters. The zero-order valence-electron chi connectivity index (χ0n) is 18.1. The van der Waals surface area contributed by atoms with Gasteiger partial charge in [0, 0.05) is 23.7 Å². The lowest BCUT2D eigenvalue weighted by atomic mass is 9.65. The highest BCUT2D eigenvalue weighted by molar-refractivity contribution is 5.96. The number of nitrogens with zero attached hydrogens (tertiary/aromatic N) is 4. The second kappa shape index (κ2) is 6.90. The van der Waals surface area contributed by atoms with E-state index in [1.807, 2.05) is 42.5 Å². The second-order valence-corrected chi connectivity index (χ2v) is 10.1. The summed E-state index contributed by atoms with van der Waals surface area (Å²) in [6.07, 6.45) is 4.61. The van der Waals surface area contributed by atoms with Gasteiger partial charge in [0.2, 0.25) is 11.6 Å². The van der Waals surface area contributed by atoms with Crippen LogP contribution in [-0.2, 0) is 0 Å². The van der Waals surface area contributed by atoms with Gasteiger partial charge in [0.1, 0.15) is 6.33 Å². The van der Waals surface area contributed by atoms with Crippen molar-refractivity contribution in [3.8, 4) is 0 Å². The maximum Gasteiger partial charge on any atom is 0.353 e. The Morgan fingerprint density at radius 3 is 2.68 bits per heavy atom. The third kappa shape index (κ3) is 3.48. The molecule has 1 saturated carbocycles. The van der Waals surface area contributed by atoms with Crippen LogP contribution in [0.2, 0.25) is 0 Å². The van der Waals surface area contributed by atoms with Gasteiger partial charge in [-0.05, 0) is 41.5 Å². The number of fused-ring (bicyclic) bond motifs is 3. The molecule has 3 aromatic rings. The Hall–Kier alpha value is -3.22. The van der Waals surface area contributed by atoms with Crippen LogP contribution in [0.1, 0.15) is 40.0 Å². The first-order valence-electron chi connectivity index (χ1n) is 10.8. The van der Waals surface area contributed by atoms with Crippen LogP contribution in [0.4, 0.5) is 23.0 Å². The molecular formula is C24H27N5O2. The fraction of sp³-hybridized carbons (Fsp3) is 0.417. The Balaban J connectivity index is 1.57. The molecule has 1 aliphatic heterocycles. The number of anilines is 3. The number of benzene rings is 2. The monoisotopic (exact) mass is 417 g/mol. The summed E-state index contributed by atoms with van der Waals surface area (Å²) in [5, 5.41) is 17.5. The lowest BCUT2D eigenvalue weighted by Crippen LogP contribution is -2.35. The Bertz CT molecular complexity index is 1170. The molecule has 1 aliphatic carbocycles. The van der Waals surface area contributed by atoms with E-state index in [0.29, 0.717) is 5.82 Å². The first-order chi connectivity index (χ1) is 14.7. The van der Waals surface area contributed by atoms with Crippen molar-refractivity contribution in [2.45, 2.75) is 46.1 Å². The van der Waals surface area contributed by atoms with Gasteiger partial charge in [0.25, 0.3) is 0 Å². The molecule has 7 nitrogen and oxygen atoms in total. The van der Waals surface area contributed by atoms with E-state index < -0.39 is 0 Å². The number of aromatic nitrogens is 2. The van der Waals surface area contributed by atoms with Crippen molar-refractivity contribution in [3.05, 3.63) is 58.9 Å². The molecule has 2 aliphatic rings. The Kier molecular flexibility index (Phi) is 4.39. The molecule has 1 aromatic heterocycles. The summed E-state index contributed by atoms with van der Waals surface area (Å²) >= 11 is 0. The summed E-state index contributed by atoms with van der Waals surface area (Å²) in [5.41, 5.74) is 1.11. The quantitative estimate of drug-likeness (QED) is 0.434. The van der Waals surface area contributed by atoms with Gasteiger partial charge in [-0.3, -0.25) is 10.1 Å². The normalized spacial score (nSPS) is 24.4. The van der Waals surface area contributed by atoms with Crippen LogP contribution >= 0.6 is 0 Å². The van der Waals surface area contributed by atoms with Gasteiger partial charge < -0.3 is 10.2 Å². The van der Waals surface area contributed by atoms with Crippen LogP contribution in [0.15, 0.2) is 48.8 Å². The molecule has 160 valence electrons. The van der Waals surface area contributed by atoms with Crippen molar-refractivity contribution in [2.24, 2.45) is 10.8 Å². The molecule has 2 fully saturated rings. The van der Waals surface area contributed by atoms with Crippen LogP contribution in [0.5, 0.6) is 0 Å². The fourth-order valence-electron chi connectivity index (χ4n) is 6.01. The van der Waals surface area contributed by atoms with Crippen LogP contribution < -0.4 is 10.2 Å². The summed E-state index contributed by atoms with van der Waals surface area (Å²) in [6.45, 7) is 7.67. The van der Waals surface area contributed by atoms with Crippen LogP contribution in [0.3, 0.4) is 0 Å². The van der Waals surface area contributed by atoms with E-state index in [1.54, 1.807) is 0 Å². The lowest BCUT2D eigenvalue weighted by Gasteiger charge is -2.39. The smallest absolute Gasteiger partial charge is 0.347 e. The molecule has 0 radical (unpaired) electrons. The Labute approximate surface area is 181 Å². The minimum atomic E-state index is -0.349. The third-order valence-corrected chi connectivity index (χ3v) is 6.72. The number of hydrogen-bond acceptors (Lipinski definition) is 6. The topological polar surface area (TPSA) is 84.2 Å². The average molecular weight is 418 g/mol. The molecule has 0 spiro atoms. The van der Waals surface area contributed by atoms with Gasteiger partial charge in [-0.25, -0.2) is 9.97 Å². The highest BCUT2D eigenvalue weighted by atomic mass is 16.6. The van der Waals surface area contributed by atoms with E-state index >= 15 is 0 Å². The molecule has 2 bridgehead atoms. The van der Waals surface area contributed by atoms with Crippen molar-refractivity contribution < 1.29 is 4.92 Å². The minimum Gasteiger partial charge on any atom is -0.347 e. The first-order valence-corrected chi connectivity index (χ1v) is 10.8. The summed E-state index contributed by atoms with van der Waals surface area (Å²) in [4.78, 5) is 22.7. The summed E-state index contributed by atoms with van der Waals surface area (Å²) in [7, 11) is 0. The van der Waals surface area contributed by atoms with Crippen molar-refractivity contribution >= 4 is 33.8 Å². The maximum atomic E-state index is 12.2. The van der Waals surface area contributed by atoms with E-state index in [4.69, 9.17) is 0 Å². The fourth-order valence-corrected chi connectivity index (χ4v) is 6.01. The van der Waals surface area contributed by atoms with Gasteiger partial charge in [-0.2, -0.15) is 0 Å². The SMILES string of the molecule is CC1(C)CC2CC(C)(CN2c2ncnc(Nc3cccc4ccccc34)c2[N+](=O)[O-])C1. The third-order valence-electron chi connectivity index (χ3n) is 6.72. The van der Waals surface area contributed by atoms with Crippen LogP contribution in [-0.4, -0.2) is 27.5 Å². The van der Waals surface area contributed by atoms with Crippen molar-refractivity contribution in [3.63, 3.8) is 0 Å². The molecule has 1 saturated heterocycles. The van der Waals surface area contributed by atoms with E-state index in [2.05, 4.69) is 41.0 Å². The summed E-state index contributed by atoms with van der Waals surface area (Å²) in [6, 6.07) is 14.1. The summed E-state index contributed by atoms with van der Waals surface area (Å²) in [5.74, 6) is 0.659. The molecule has 2 unspecified atom stereocenters. The zero-order chi connectivity index (χ0) is 21.8. The zero-order valence-corrected chi connectivity index (χ0v) is 18.1. The van der Waals surface area contributed by atoms with Crippen molar-refractivity contribution in [1.29, 1.82) is 0 Å². The van der Waals surface area contributed by atoms with Gasteiger partial charge in [-0.15, -0.1) is 0 Å². The number of hydrogen-bond donors (Lipinski definition) is 1. The standard InChI is InChI=1S/C24H27N5O2/c1-23(2)11-17-12-24(3,13-23)14-28(17)22-20(29(30)31)21(25-15-26-22)27-19-10-6-8-16-7-4-5-9-18(16)19/h4-10,15,17H,11-14H2,1-3H3,(H,25,26,27). The van der Waals surface area contributed by atoms with Crippen molar-refractivity contribution in [1.82, 2.24) is 9.97 Å². The van der Waals surface area contributed by atoms with Crippen molar-refractivity contribution in [2.75, 3.05) is 16.8 Å². The lowest BCUT2D eigenvalue weighted by molar-refractivity contribution is -0.383. The molecule has 2 aromatic carbocycles. The van der Waals surface area contributed by atoms with Crippen LogP contribution in [0, 0.1) is 20.9 Å². The Morgan fingerprint density at radius 2 is 1.87 bits per heavy atom. The predicted molar refractivity (Wildman–Crippen MR) is 123 cm³/mol. The van der Waals surface area contributed by atoms with E-state index in [1.165, 1.54) is 6.33 Å². The van der Waals surface area contributed by atoms with E-state index in [9.17, 15) is 10.1 Å². The highest BCUT2D eigenvalue weighted by Crippen LogP contribution is 2.54. The van der Waals surface area contributed by atoms with Gasteiger partial charge in [0.05, 0.1) is 4.92 Å². The van der Waals surface area contributed by atoms with Gasteiger partial charge in [0.15, 0.2) is 0 Å². The van der Waals surface area contributed by atoms with Crippen LogP contribution in [0.25, 0.3) is 10.8 Å². The van der Waals surface area contributed by atoms with Gasteiger partial charge >= 0.3 is 5.69 Å². The molecule has 5 rings (SSSR count). The number of nitro groups is 1. The molecule has 31 heavy (non-hydrogen) atoms. The molecule has 1 N–H and O–H groups in total.